The zero-order valence-corrected chi connectivity index (χ0v) is 9.32. The zero-order chi connectivity index (χ0) is 9.84. The largest absolute Gasteiger partial charge is 0.395 e. The predicted molar refractivity (Wildman–Crippen MR) is 57.4 cm³/mol. The molecule has 13 heavy (non-hydrogen) atoms. The summed E-state index contributed by atoms with van der Waals surface area (Å²) in [6.45, 7) is 4.17. The number of aliphatic hydroxyl groups excluding tert-OH is 1. The molecule has 0 amide bonds. The number of hydrogen-bond donors (Lipinski definition) is 2. The molecule has 0 spiro atoms. The summed E-state index contributed by atoms with van der Waals surface area (Å²) >= 11 is 7.39. The quantitative estimate of drug-likeness (QED) is 0.816. The minimum Gasteiger partial charge on any atom is -0.395 e. The molecule has 0 saturated heterocycles. The van der Waals surface area contributed by atoms with Crippen LogP contribution in [0.3, 0.4) is 0 Å². The molecule has 2 nitrogen and oxygen atoms in total. The van der Waals surface area contributed by atoms with Gasteiger partial charge in [-0.2, -0.15) is 0 Å². The van der Waals surface area contributed by atoms with Crippen LogP contribution < -0.4 is 5.32 Å². The van der Waals surface area contributed by atoms with Gasteiger partial charge in [-0.15, -0.1) is 11.3 Å². The van der Waals surface area contributed by atoms with Gasteiger partial charge >= 0.3 is 0 Å². The van der Waals surface area contributed by atoms with Gasteiger partial charge in [-0.05, 0) is 26.0 Å². The maximum atomic E-state index is 8.85. The van der Waals surface area contributed by atoms with E-state index in [1.165, 1.54) is 4.88 Å². The van der Waals surface area contributed by atoms with E-state index in [1.807, 2.05) is 19.1 Å². The Labute approximate surface area is 87.5 Å². The molecule has 74 valence electrons. The standard InChI is InChI=1S/C9H14ClNOS/c1-6(5-12)11-7(2)8-3-4-9(10)13-8/h3-4,6-7,11-12H,5H2,1-2H3/t6-,7?/m0/s1. The van der Waals surface area contributed by atoms with Crippen LogP contribution in [0.1, 0.15) is 24.8 Å². The molecule has 1 heterocycles. The molecule has 0 saturated carbocycles. The number of thiophene rings is 1. The molecule has 1 rings (SSSR count). The van der Waals surface area contributed by atoms with Crippen LogP contribution in [0.2, 0.25) is 4.34 Å². The van der Waals surface area contributed by atoms with Crippen molar-refractivity contribution in [2.45, 2.75) is 25.9 Å². The number of nitrogens with one attached hydrogen (secondary N) is 1. The van der Waals surface area contributed by atoms with Crippen LogP contribution in [-0.4, -0.2) is 17.8 Å². The Balaban J connectivity index is 2.53. The van der Waals surface area contributed by atoms with E-state index >= 15 is 0 Å². The van der Waals surface area contributed by atoms with Gasteiger partial charge in [-0.1, -0.05) is 11.6 Å². The lowest BCUT2D eigenvalue weighted by Crippen LogP contribution is -2.31. The van der Waals surface area contributed by atoms with Crippen LogP contribution in [0.5, 0.6) is 0 Å². The molecule has 4 heteroatoms. The molecule has 1 aromatic rings. The van der Waals surface area contributed by atoms with Crippen molar-refractivity contribution >= 4 is 22.9 Å². The average Bonchev–Trinajstić information content (AvgIpc) is 2.51. The fourth-order valence-electron chi connectivity index (χ4n) is 1.12. The molecule has 0 radical (unpaired) electrons. The van der Waals surface area contributed by atoms with Crippen molar-refractivity contribution in [3.05, 3.63) is 21.3 Å². The summed E-state index contributed by atoms with van der Waals surface area (Å²) in [4.78, 5) is 1.20. The lowest BCUT2D eigenvalue weighted by atomic mass is 10.2. The summed E-state index contributed by atoms with van der Waals surface area (Å²) < 4.78 is 0.806. The second kappa shape index (κ2) is 4.96. The highest BCUT2D eigenvalue weighted by atomic mass is 35.5. The molecule has 0 aliphatic carbocycles. The summed E-state index contributed by atoms with van der Waals surface area (Å²) in [5.74, 6) is 0. The van der Waals surface area contributed by atoms with Crippen molar-refractivity contribution in [2.24, 2.45) is 0 Å². The molecule has 1 aromatic heterocycles. The number of halogens is 1. The monoisotopic (exact) mass is 219 g/mol. The van der Waals surface area contributed by atoms with Crippen LogP contribution in [0.4, 0.5) is 0 Å². The van der Waals surface area contributed by atoms with E-state index < -0.39 is 0 Å². The molecule has 0 bridgehead atoms. The smallest absolute Gasteiger partial charge is 0.0931 e. The van der Waals surface area contributed by atoms with E-state index in [1.54, 1.807) is 11.3 Å². The van der Waals surface area contributed by atoms with Crippen molar-refractivity contribution in [2.75, 3.05) is 6.61 Å². The second-order valence-corrected chi connectivity index (χ2v) is 4.86. The third-order valence-corrected chi connectivity index (χ3v) is 3.24. The fraction of sp³-hybridized carbons (Fsp3) is 0.556. The molecule has 2 N–H and O–H groups in total. The van der Waals surface area contributed by atoms with Gasteiger partial charge in [0.25, 0.3) is 0 Å². The molecule has 0 aliphatic heterocycles. The third-order valence-electron chi connectivity index (χ3n) is 1.83. The number of rotatable bonds is 4. The van der Waals surface area contributed by atoms with E-state index in [-0.39, 0.29) is 18.7 Å². The fourth-order valence-corrected chi connectivity index (χ4v) is 2.20. The normalized spacial score (nSPS) is 15.7. The van der Waals surface area contributed by atoms with Gasteiger partial charge < -0.3 is 10.4 Å². The van der Waals surface area contributed by atoms with E-state index in [0.717, 1.165) is 4.34 Å². The van der Waals surface area contributed by atoms with Crippen molar-refractivity contribution in [3.63, 3.8) is 0 Å². The van der Waals surface area contributed by atoms with Gasteiger partial charge in [-0.25, -0.2) is 0 Å². The van der Waals surface area contributed by atoms with E-state index in [2.05, 4.69) is 12.2 Å². The van der Waals surface area contributed by atoms with E-state index in [0.29, 0.717) is 0 Å². The van der Waals surface area contributed by atoms with Gasteiger partial charge in [0.15, 0.2) is 0 Å². The van der Waals surface area contributed by atoms with Crippen LogP contribution in [0.15, 0.2) is 12.1 Å². The SMILES string of the molecule is CC(N[C@@H](C)CO)c1ccc(Cl)s1. The lowest BCUT2D eigenvalue weighted by molar-refractivity contribution is 0.243. The number of hydrogen-bond acceptors (Lipinski definition) is 3. The van der Waals surface area contributed by atoms with Crippen molar-refractivity contribution < 1.29 is 5.11 Å². The number of aliphatic hydroxyl groups is 1. The molecule has 0 aromatic carbocycles. The first kappa shape index (κ1) is 11.0. The Morgan fingerprint density at radius 1 is 1.54 bits per heavy atom. The minimum atomic E-state index is 0.121. The maximum absolute atomic E-state index is 8.85. The van der Waals surface area contributed by atoms with Crippen LogP contribution >= 0.6 is 22.9 Å². The Morgan fingerprint density at radius 3 is 2.69 bits per heavy atom. The van der Waals surface area contributed by atoms with E-state index in [9.17, 15) is 0 Å². The first-order valence-corrected chi connectivity index (χ1v) is 5.45. The molecule has 0 aliphatic rings. The Hall–Kier alpha value is -0.0900. The lowest BCUT2D eigenvalue weighted by Gasteiger charge is -2.16. The summed E-state index contributed by atoms with van der Waals surface area (Å²) in [7, 11) is 0. The highest BCUT2D eigenvalue weighted by Gasteiger charge is 2.10. The Morgan fingerprint density at radius 2 is 2.23 bits per heavy atom. The Bertz CT molecular complexity index is 264. The van der Waals surface area contributed by atoms with Crippen LogP contribution in [-0.2, 0) is 0 Å². The van der Waals surface area contributed by atoms with Crippen molar-refractivity contribution in [1.82, 2.24) is 5.32 Å². The second-order valence-electron chi connectivity index (χ2n) is 3.11. The van der Waals surface area contributed by atoms with Gasteiger partial charge in [0, 0.05) is 17.0 Å². The summed E-state index contributed by atoms with van der Waals surface area (Å²) in [5.41, 5.74) is 0. The molecule has 1 unspecified atom stereocenters. The van der Waals surface area contributed by atoms with Gasteiger partial charge in [0.2, 0.25) is 0 Å². The molecular weight excluding hydrogens is 206 g/mol. The predicted octanol–water partition coefficient (Wildman–Crippen LogP) is 2.43. The zero-order valence-electron chi connectivity index (χ0n) is 7.75. The highest BCUT2D eigenvalue weighted by molar-refractivity contribution is 7.16. The summed E-state index contributed by atoms with van der Waals surface area (Å²) in [6.07, 6.45) is 0. The first-order chi connectivity index (χ1) is 6.13. The Kier molecular flexibility index (Phi) is 4.19. The summed E-state index contributed by atoms with van der Waals surface area (Å²) in [5, 5.41) is 12.1. The average molecular weight is 220 g/mol. The van der Waals surface area contributed by atoms with Crippen molar-refractivity contribution in [3.8, 4) is 0 Å². The summed E-state index contributed by atoms with van der Waals surface area (Å²) in [6, 6.07) is 4.27. The van der Waals surface area contributed by atoms with E-state index in [4.69, 9.17) is 16.7 Å². The minimum absolute atomic E-state index is 0.121. The molecular formula is C9H14ClNOS. The van der Waals surface area contributed by atoms with Gasteiger partial charge in [0.05, 0.1) is 10.9 Å². The van der Waals surface area contributed by atoms with Gasteiger partial charge in [0.1, 0.15) is 0 Å². The van der Waals surface area contributed by atoms with Crippen molar-refractivity contribution in [1.29, 1.82) is 0 Å². The van der Waals surface area contributed by atoms with Crippen LogP contribution in [0, 0.1) is 0 Å². The topological polar surface area (TPSA) is 32.3 Å². The molecule has 0 fully saturated rings. The van der Waals surface area contributed by atoms with Crippen LogP contribution in [0.25, 0.3) is 0 Å². The third kappa shape index (κ3) is 3.27. The van der Waals surface area contributed by atoms with Gasteiger partial charge in [-0.3, -0.25) is 0 Å². The molecule has 2 atom stereocenters. The first-order valence-electron chi connectivity index (χ1n) is 4.25. The highest BCUT2D eigenvalue weighted by Crippen LogP contribution is 2.26. The maximum Gasteiger partial charge on any atom is 0.0931 e.